The number of nitrogens with two attached hydrogens (primary N) is 1. The normalized spacial score (nSPS) is 17.1. The Morgan fingerprint density at radius 2 is 2.07 bits per heavy atom. The van der Waals surface area contributed by atoms with E-state index in [1.807, 2.05) is 32.9 Å². The van der Waals surface area contributed by atoms with Crippen LogP contribution in [0.15, 0.2) is 16.6 Å². The highest BCUT2D eigenvalue weighted by Gasteiger charge is 2.24. The number of ether oxygens (including phenoxy) is 1. The standard InChI is InChI=1S/C12H14BrNO/c1-7-9(14)6-8-4-5-12(2,3)15-11(8)10(7)13/h4-6H,14H2,1-3H3. The molecule has 2 rings (SSSR count). The van der Waals surface area contributed by atoms with Gasteiger partial charge in [0.15, 0.2) is 0 Å². The molecule has 0 aliphatic carbocycles. The summed E-state index contributed by atoms with van der Waals surface area (Å²) in [6.07, 6.45) is 4.09. The second-order valence-corrected chi connectivity index (χ2v) is 5.15. The van der Waals surface area contributed by atoms with Gasteiger partial charge in [-0.05, 0) is 54.4 Å². The van der Waals surface area contributed by atoms with Gasteiger partial charge in [0.1, 0.15) is 11.4 Å². The van der Waals surface area contributed by atoms with Crippen molar-refractivity contribution in [1.29, 1.82) is 0 Å². The van der Waals surface area contributed by atoms with Crippen LogP contribution >= 0.6 is 15.9 Å². The Morgan fingerprint density at radius 3 is 2.73 bits per heavy atom. The van der Waals surface area contributed by atoms with Crippen molar-refractivity contribution in [3.8, 4) is 5.75 Å². The molecule has 2 N–H and O–H groups in total. The summed E-state index contributed by atoms with van der Waals surface area (Å²) in [6.45, 7) is 6.05. The van der Waals surface area contributed by atoms with Crippen molar-refractivity contribution < 1.29 is 4.74 Å². The van der Waals surface area contributed by atoms with Crippen LogP contribution in [0.2, 0.25) is 0 Å². The third-order valence-electron chi connectivity index (χ3n) is 2.56. The lowest BCUT2D eigenvalue weighted by Gasteiger charge is -2.29. The summed E-state index contributed by atoms with van der Waals surface area (Å²) in [5.41, 5.74) is 8.49. The largest absolute Gasteiger partial charge is 0.482 e. The predicted octanol–water partition coefficient (Wildman–Crippen LogP) is 3.52. The number of rotatable bonds is 0. The van der Waals surface area contributed by atoms with Crippen molar-refractivity contribution in [1.82, 2.24) is 0 Å². The van der Waals surface area contributed by atoms with Crippen molar-refractivity contribution in [3.63, 3.8) is 0 Å². The van der Waals surface area contributed by atoms with Gasteiger partial charge in [0.05, 0.1) is 4.47 Å². The number of hydrogen-bond acceptors (Lipinski definition) is 2. The zero-order valence-electron chi connectivity index (χ0n) is 9.10. The molecule has 80 valence electrons. The van der Waals surface area contributed by atoms with E-state index in [-0.39, 0.29) is 5.60 Å². The van der Waals surface area contributed by atoms with Crippen molar-refractivity contribution in [3.05, 3.63) is 27.7 Å². The van der Waals surface area contributed by atoms with Gasteiger partial charge in [-0.1, -0.05) is 6.08 Å². The molecule has 1 aromatic rings. The minimum atomic E-state index is -0.252. The van der Waals surface area contributed by atoms with Crippen LogP contribution in [0.3, 0.4) is 0 Å². The molecule has 0 saturated heterocycles. The van der Waals surface area contributed by atoms with E-state index < -0.39 is 0 Å². The summed E-state index contributed by atoms with van der Waals surface area (Å²) >= 11 is 3.53. The SMILES string of the molecule is Cc1c(N)cc2c(c1Br)OC(C)(C)C=C2. The maximum Gasteiger partial charge on any atom is 0.142 e. The molecule has 1 aliphatic rings. The second kappa shape index (κ2) is 3.27. The van der Waals surface area contributed by atoms with Crippen molar-refractivity contribution in [2.75, 3.05) is 5.73 Å². The van der Waals surface area contributed by atoms with E-state index in [0.717, 1.165) is 27.0 Å². The Morgan fingerprint density at radius 1 is 1.40 bits per heavy atom. The quantitative estimate of drug-likeness (QED) is 0.730. The minimum Gasteiger partial charge on any atom is -0.482 e. The highest BCUT2D eigenvalue weighted by atomic mass is 79.9. The van der Waals surface area contributed by atoms with E-state index in [0.29, 0.717) is 0 Å². The molecule has 0 saturated carbocycles. The van der Waals surface area contributed by atoms with E-state index in [1.54, 1.807) is 0 Å². The Hall–Kier alpha value is -0.960. The van der Waals surface area contributed by atoms with Gasteiger partial charge in [-0.15, -0.1) is 0 Å². The number of anilines is 1. The van der Waals surface area contributed by atoms with E-state index in [2.05, 4.69) is 22.0 Å². The van der Waals surface area contributed by atoms with Crippen molar-refractivity contribution in [2.45, 2.75) is 26.4 Å². The predicted molar refractivity (Wildman–Crippen MR) is 67.0 cm³/mol. The van der Waals surface area contributed by atoms with E-state index in [9.17, 15) is 0 Å². The summed E-state index contributed by atoms with van der Waals surface area (Å²) in [7, 11) is 0. The van der Waals surface area contributed by atoms with Gasteiger partial charge < -0.3 is 10.5 Å². The molecule has 0 spiro atoms. The van der Waals surface area contributed by atoms with Gasteiger partial charge >= 0.3 is 0 Å². The molecule has 1 heterocycles. The third-order valence-corrected chi connectivity index (χ3v) is 3.52. The lowest BCUT2D eigenvalue weighted by Crippen LogP contribution is -2.27. The number of nitrogen functional groups attached to an aromatic ring is 1. The van der Waals surface area contributed by atoms with Crippen LogP contribution < -0.4 is 10.5 Å². The molecule has 0 fully saturated rings. The molecular weight excluding hydrogens is 254 g/mol. The first-order chi connectivity index (χ1) is 6.91. The van der Waals surface area contributed by atoms with Crippen LogP contribution in [0.4, 0.5) is 5.69 Å². The fourth-order valence-corrected chi connectivity index (χ4v) is 2.12. The van der Waals surface area contributed by atoms with Gasteiger partial charge in [-0.3, -0.25) is 0 Å². The van der Waals surface area contributed by atoms with Gasteiger partial charge in [0, 0.05) is 11.3 Å². The van der Waals surface area contributed by atoms with E-state index >= 15 is 0 Å². The Labute approximate surface area is 98.2 Å². The molecule has 0 atom stereocenters. The molecule has 0 aromatic heterocycles. The maximum absolute atomic E-state index is 5.90. The average Bonchev–Trinajstić information content (AvgIpc) is 2.16. The van der Waals surface area contributed by atoms with Crippen LogP contribution in [-0.2, 0) is 0 Å². The van der Waals surface area contributed by atoms with E-state index in [4.69, 9.17) is 10.5 Å². The highest BCUT2D eigenvalue weighted by Crippen LogP contribution is 2.41. The van der Waals surface area contributed by atoms with Crippen molar-refractivity contribution in [2.24, 2.45) is 0 Å². The Kier molecular flexibility index (Phi) is 2.30. The summed E-state index contributed by atoms with van der Waals surface area (Å²) in [6, 6.07) is 1.95. The van der Waals surface area contributed by atoms with Crippen LogP contribution in [-0.4, -0.2) is 5.60 Å². The summed E-state index contributed by atoms with van der Waals surface area (Å²) in [4.78, 5) is 0. The zero-order valence-corrected chi connectivity index (χ0v) is 10.7. The third kappa shape index (κ3) is 1.76. The zero-order chi connectivity index (χ0) is 11.2. The topological polar surface area (TPSA) is 35.2 Å². The second-order valence-electron chi connectivity index (χ2n) is 4.36. The molecule has 0 bridgehead atoms. The maximum atomic E-state index is 5.90. The molecular formula is C12H14BrNO. The number of hydrogen-bond donors (Lipinski definition) is 1. The minimum absolute atomic E-state index is 0.252. The van der Waals surface area contributed by atoms with Crippen molar-refractivity contribution >= 4 is 27.7 Å². The number of fused-ring (bicyclic) bond motifs is 1. The fraction of sp³-hybridized carbons (Fsp3) is 0.333. The monoisotopic (exact) mass is 267 g/mol. The number of halogens is 1. The van der Waals surface area contributed by atoms with Gasteiger partial charge in [0.25, 0.3) is 0 Å². The van der Waals surface area contributed by atoms with Crippen LogP contribution in [0, 0.1) is 6.92 Å². The highest BCUT2D eigenvalue weighted by molar-refractivity contribution is 9.10. The molecule has 15 heavy (non-hydrogen) atoms. The summed E-state index contributed by atoms with van der Waals surface area (Å²) in [5.74, 6) is 0.884. The van der Waals surface area contributed by atoms with Crippen LogP contribution in [0.1, 0.15) is 25.0 Å². The average molecular weight is 268 g/mol. The molecule has 2 nitrogen and oxygen atoms in total. The molecule has 1 aromatic carbocycles. The van der Waals surface area contributed by atoms with Crippen LogP contribution in [0.5, 0.6) is 5.75 Å². The van der Waals surface area contributed by atoms with Gasteiger partial charge in [0.2, 0.25) is 0 Å². The first kappa shape index (κ1) is 10.6. The summed E-state index contributed by atoms with van der Waals surface area (Å²) in [5, 5.41) is 0. The first-order valence-corrected chi connectivity index (χ1v) is 5.67. The molecule has 3 heteroatoms. The number of benzene rings is 1. The molecule has 0 radical (unpaired) electrons. The lowest BCUT2D eigenvalue weighted by atomic mass is 10.0. The first-order valence-electron chi connectivity index (χ1n) is 4.87. The molecule has 0 amide bonds. The summed E-state index contributed by atoms with van der Waals surface area (Å²) < 4.78 is 6.85. The van der Waals surface area contributed by atoms with Crippen LogP contribution in [0.25, 0.3) is 6.08 Å². The molecule has 0 unspecified atom stereocenters. The Balaban J connectivity index is 2.63. The fourth-order valence-electron chi connectivity index (χ4n) is 1.58. The molecule has 1 aliphatic heterocycles. The van der Waals surface area contributed by atoms with Gasteiger partial charge in [-0.25, -0.2) is 0 Å². The Bertz CT molecular complexity index is 449. The van der Waals surface area contributed by atoms with E-state index in [1.165, 1.54) is 0 Å². The lowest BCUT2D eigenvalue weighted by molar-refractivity contribution is 0.157. The van der Waals surface area contributed by atoms with Gasteiger partial charge in [-0.2, -0.15) is 0 Å². The smallest absolute Gasteiger partial charge is 0.142 e.